The number of rotatable bonds is 3. The summed E-state index contributed by atoms with van der Waals surface area (Å²) in [6, 6.07) is 6.40. The van der Waals surface area contributed by atoms with E-state index in [9.17, 15) is 9.18 Å². The molecule has 2 nitrogen and oxygen atoms in total. The molecule has 0 spiro atoms. The molecule has 0 saturated heterocycles. The Balaban J connectivity index is 2.76. The molecule has 1 aromatic carbocycles. The molecule has 0 heterocycles. The minimum absolute atomic E-state index is 0.205. The van der Waals surface area contributed by atoms with Gasteiger partial charge in [0.25, 0.3) is 0 Å². The lowest BCUT2D eigenvalue weighted by Crippen LogP contribution is -1.95. The Bertz CT molecular complexity index is 336. The average Bonchev–Trinajstić information content (AvgIpc) is 2.14. The van der Waals surface area contributed by atoms with Gasteiger partial charge >= 0.3 is 0 Å². The highest BCUT2D eigenvalue weighted by Gasteiger charge is 2.08. The maximum Gasteiger partial charge on any atom is 0.235 e. The summed E-state index contributed by atoms with van der Waals surface area (Å²) in [4.78, 5) is 12.9. The summed E-state index contributed by atoms with van der Waals surface area (Å²) >= 11 is 5.65. The van der Waals surface area contributed by atoms with Gasteiger partial charge < -0.3 is 0 Å². The third kappa shape index (κ3) is 2.98. The fourth-order valence-corrected chi connectivity index (χ4v) is 1.12. The number of nitrogens with zero attached hydrogens (tertiary/aromatic N) is 1. The molecule has 1 atom stereocenters. The second-order valence-electron chi connectivity index (χ2n) is 2.45. The number of aliphatic imine (C=N–C) groups is 1. The SMILES string of the molecule is O=C=NCC(F)c1cccc(Cl)c1. The predicted octanol–water partition coefficient (Wildman–Crippen LogP) is 2.69. The zero-order chi connectivity index (χ0) is 9.68. The van der Waals surface area contributed by atoms with Crippen LogP contribution in [0.2, 0.25) is 5.02 Å². The summed E-state index contributed by atoms with van der Waals surface area (Å²) in [5.41, 5.74) is 0.423. The van der Waals surface area contributed by atoms with Gasteiger partial charge in [-0.15, -0.1) is 0 Å². The summed E-state index contributed by atoms with van der Waals surface area (Å²) in [5.74, 6) is 0. The third-order valence-electron chi connectivity index (χ3n) is 1.53. The zero-order valence-corrected chi connectivity index (χ0v) is 7.46. The Kier molecular flexibility index (Phi) is 3.62. The van der Waals surface area contributed by atoms with E-state index in [1.165, 1.54) is 12.1 Å². The fourth-order valence-electron chi connectivity index (χ4n) is 0.924. The van der Waals surface area contributed by atoms with E-state index in [0.29, 0.717) is 10.6 Å². The minimum atomic E-state index is -1.29. The van der Waals surface area contributed by atoms with Crippen molar-refractivity contribution in [3.8, 4) is 0 Å². The first-order valence-corrected chi connectivity index (χ1v) is 4.05. The Labute approximate surface area is 80.1 Å². The molecule has 0 saturated carbocycles. The normalized spacial score (nSPS) is 11.8. The Morgan fingerprint density at radius 3 is 3.00 bits per heavy atom. The van der Waals surface area contributed by atoms with E-state index in [4.69, 9.17) is 11.6 Å². The van der Waals surface area contributed by atoms with Crippen molar-refractivity contribution in [2.75, 3.05) is 6.54 Å². The molecule has 0 N–H and O–H groups in total. The van der Waals surface area contributed by atoms with E-state index in [2.05, 4.69) is 4.99 Å². The van der Waals surface area contributed by atoms with Crippen molar-refractivity contribution in [3.63, 3.8) is 0 Å². The van der Waals surface area contributed by atoms with Gasteiger partial charge in [-0.1, -0.05) is 23.7 Å². The second kappa shape index (κ2) is 4.75. The van der Waals surface area contributed by atoms with E-state index < -0.39 is 6.17 Å². The summed E-state index contributed by atoms with van der Waals surface area (Å²) in [6.45, 7) is -0.205. The van der Waals surface area contributed by atoms with Crippen LogP contribution in [0.25, 0.3) is 0 Å². The lowest BCUT2D eigenvalue weighted by molar-refractivity contribution is 0.353. The number of benzene rings is 1. The van der Waals surface area contributed by atoms with Crippen LogP contribution in [-0.2, 0) is 4.79 Å². The molecule has 0 radical (unpaired) electrons. The Morgan fingerprint density at radius 1 is 1.62 bits per heavy atom. The molecule has 1 rings (SSSR count). The molecule has 1 unspecified atom stereocenters. The number of halogens is 2. The number of carbonyl (C=O) groups excluding carboxylic acids is 1. The summed E-state index contributed by atoms with van der Waals surface area (Å²) in [7, 11) is 0. The van der Waals surface area contributed by atoms with E-state index in [1.54, 1.807) is 18.2 Å². The smallest absolute Gasteiger partial charge is 0.235 e. The topological polar surface area (TPSA) is 29.4 Å². The number of hydrogen-bond acceptors (Lipinski definition) is 2. The number of isocyanates is 1. The number of alkyl halides is 1. The highest BCUT2D eigenvalue weighted by Crippen LogP contribution is 2.20. The van der Waals surface area contributed by atoms with Crippen LogP contribution in [0.1, 0.15) is 11.7 Å². The number of hydrogen-bond donors (Lipinski definition) is 0. The summed E-state index contributed by atoms with van der Waals surface area (Å²) < 4.78 is 13.2. The van der Waals surface area contributed by atoms with Crippen LogP contribution in [0.3, 0.4) is 0 Å². The molecule has 68 valence electrons. The average molecular weight is 200 g/mol. The van der Waals surface area contributed by atoms with Crippen LogP contribution in [0.4, 0.5) is 4.39 Å². The van der Waals surface area contributed by atoms with Gasteiger partial charge in [-0.2, -0.15) is 0 Å². The lowest BCUT2D eigenvalue weighted by Gasteiger charge is -2.03. The first-order valence-electron chi connectivity index (χ1n) is 3.67. The Morgan fingerprint density at radius 2 is 2.38 bits per heavy atom. The van der Waals surface area contributed by atoms with E-state index >= 15 is 0 Å². The predicted molar refractivity (Wildman–Crippen MR) is 48.3 cm³/mol. The van der Waals surface area contributed by atoms with E-state index in [0.717, 1.165) is 0 Å². The van der Waals surface area contributed by atoms with Crippen molar-refractivity contribution >= 4 is 17.7 Å². The molecule has 13 heavy (non-hydrogen) atoms. The van der Waals surface area contributed by atoms with Crippen LogP contribution >= 0.6 is 11.6 Å². The van der Waals surface area contributed by atoms with E-state index in [-0.39, 0.29) is 6.54 Å². The maximum absolute atomic E-state index is 13.2. The minimum Gasteiger partial charge on any atom is -0.240 e. The molecule has 0 aromatic heterocycles. The Hall–Kier alpha value is -1.18. The van der Waals surface area contributed by atoms with Gasteiger partial charge in [-0.25, -0.2) is 14.2 Å². The van der Waals surface area contributed by atoms with Gasteiger partial charge in [0, 0.05) is 5.02 Å². The molecule has 0 aliphatic rings. The third-order valence-corrected chi connectivity index (χ3v) is 1.76. The van der Waals surface area contributed by atoms with Crippen molar-refractivity contribution < 1.29 is 9.18 Å². The van der Waals surface area contributed by atoms with Crippen LogP contribution in [0, 0.1) is 0 Å². The van der Waals surface area contributed by atoms with Gasteiger partial charge in [0.05, 0.1) is 6.54 Å². The first-order chi connectivity index (χ1) is 6.24. The van der Waals surface area contributed by atoms with Crippen molar-refractivity contribution in [2.24, 2.45) is 4.99 Å². The van der Waals surface area contributed by atoms with Crippen molar-refractivity contribution in [1.29, 1.82) is 0 Å². The zero-order valence-electron chi connectivity index (χ0n) is 6.71. The molecule has 1 aromatic rings. The van der Waals surface area contributed by atoms with Crippen LogP contribution < -0.4 is 0 Å². The van der Waals surface area contributed by atoms with Crippen molar-refractivity contribution in [3.05, 3.63) is 34.9 Å². The van der Waals surface area contributed by atoms with Gasteiger partial charge in [-0.3, -0.25) is 0 Å². The standard InChI is InChI=1S/C9H7ClFNO/c10-8-3-1-2-7(4-8)9(11)5-12-6-13/h1-4,9H,5H2. The molecule has 0 fully saturated rings. The summed E-state index contributed by atoms with van der Waals surface area (Å²) in [6.07, 6.45) is -0.00654. The van der Waals surface area contributed by atoms with Crippen LogP contribution in [-0.4, -0.2) is 12.6 Å². The first kappa shape index (κ1) is 9.90. The molecule has 0 aliphatic carbocycles. The fraction of sp³-hybridized carbons (Fsp3) is 0.222. The molecule has 4 heteroatoms. The quantitative estimate of drug-likeness (QED) is 0.544. The van der Waals surface area contributed by atoms with Crippen molar-refractivity contribution in [2.45, 2.75) is 6.17 Å². The molecule has 0 aliphatic heterocycles. The van der Waals surface area contributed by atoms with Gasteiger partial charge in [0.15, 0.2) is 0 Å². The van der Waals surface area contributed by atoms with Gasteiger partial charge in [-0.05, 0) is 17.7 Å². The van der Waals surface area contributed by atoms with Crippen LogP contribution in [0.5, 0.6) is 0 Å². The lowest BCUT2D eigenvalue weighted by atomic mass is 10.1. The molecular weight excluding hydrogens is 193 g/mol. The molecular formula is C9H7ClFNO. The molecule has 0 bridgehead atoms. The maximum atomic E-state index is 13.2. The van der Waals surface area contributed by atoms with Crippen LogP contribution in [0.15, 0.2) is 29.3 Å². The highest BCUT2D eigenvalue weighted by molar-refractivity contribution is 6.30. The highest BCUT2D eigenvalue weighted by atomic mass is 35.5. The van der Waals surface area contributed by atoms with Gasteiger partial charge in [0.1, 0.15) is 6.17 Å². The molecule has 0 amide bonds. The van der Waals surface area contributed by atoms with Crippen molar-refractivity contribution in [1.82, 2.24) is 0 Å². The monoisotopic (exact) mass is 199 g/mol. The largest absolute Gasteiger partial charge is 0.240 e. The van der Waals surface area contributed by atoms with E-state index in [1.807, 2.05) is 0 Å². The van der Waals surface area contributed by atoms with Gasteiger partial charge in [0.2, 0.25) is 6.08 Å². The second-order valence-corrected chi connectivity index (χ2v) is 2.89. The summed E-state index contributed by atoms with van der Waals surface area (Å²) in [5, 5.41) is 0.468.